The van der Waals surface area contributed by atoms with Gasteiger partial charge in [-0.25, -0.2) is 0 Å². The molecule has 0 bridgehead atoms. The van der Waals surface area contributed by atoms with Crippen LogP contribution in [0.15, 0.2) is 77.7 Å². The number of nitrogens with zero attached hydrogens (tertiary/aromatic N) is 1. The Morgan fingerprint density at radius 2 is 1.46 bits per heavy atom. The molecule has 3 aromatic rings. The van der Waals surface area contributed by atoms with Crippen LogP contribution in [0.1, 0.15) is 10.4 Å². The van der Waals surface area contributed by atoms with Crippen LogP contribution in [0.4, 0.5) is 17.1 Å². The maximum Gasteiger partial charge on any atom is 0.263 e. The first-order valence-electron chi connectivity index (χ1n) is 7.52. The van der Waals surface area contributed by atoms with Crippen LogP contribution in [0.25, 0.3) is 0 Å². The van der Waals surface area contributed by atoms with Gasteiger partial charge in [0.25, 0.3) is 11.5 Å². The first-order valence-corrected chi connectivity index (χ1v) is 7.52. The van der Waals surface area contributed by atoms with E-state index >= 15 is 0 Å². The maximum atomic E-state index is 12.2. The summed E-state index contributed by atoms with van der Waals surface area (Å²) in [6.45, 7) is 0. The highest BCUT2D eigenvalue weighted by Crippen LogP contribution is 2.18. The van der Waals surface area contributed by atoms with Crippen LogP contribution in [0.3, 0.4) is 0 Å². The van der Waals surface area contributed by atoms with Crippen molar-refractivity contribution in [3.05, 3.63) is 88.8 Å². The van der Waals surface area contributed by atoms with E-state index in [-0.39, 0.29) is 11.1 Å². The average molecular weight is 319 g/mol. The van der Waals surface area contributed by atoms with Gasteiger partial charge in [-0.15, -0.1) is 0 Å². The largest absolute Gasteiger partial charge is 0.356 e. The minimum atomic E-state index is -0.417. The summed E-state index contributed by atoms with van der Waals surface area (Å²) >= 11 is 0. The van der Waals surface area contributed by atoms with Gasteiger partial charge in [-0.1, -0.05) is 18.2 Å². The molecule has 0 saturated heterocycles. The molecule has 0 radical (unpaired) electrons. The predicted octanol–water partition coefficient (Wildman–Crippen LogP) is 3.38. The Labute approximate surface area is 139 Å². The van der Waals surface area contributed by atoms with E-state index in [1.165, 1.54) is 10.6 Å². The second-order valence-corrected chi connectivity index (χ2v) is 5.36. The van der Waals surface area contributed by atoms with Crippen molar-refractivity contribution in [1.82, 2.24) is 4.57 Å². The average Bonchev–Trinajstić information content (AvgIpc) is 2.60. The third kappa shape index (κ3) is 3.52. The van der Waals surface area contributed by atoms with Crippen molar-refractivity contribution in [2.75, 3.05) is 10.6 Å². The Morgan fingerprint density at radius 1 is 0.833 bits per heavy atom. The van der Waals surface area contributed by atoms with Crippen LogP contribution in [0, 0.1) is 0 Å². The van der Waals surface area contributed by atoms with Gasteiger partial charge in [-0.2, -0.15) is 0 Å². The summed E-state index contributed by atoms with van der Waals surface area (Å²) in [5, 5.41) is 6.00. The Bertz CT molecular complexity index is 900. The summed E-state index contributed by atoms with van der Waals surface area (Å²) in [7, 11) is 1.61. The number of para-hydroxylation sites is 1. The van der Waals surface area contributed by atoms with Crippen molar-refractivity contribution in [3.8, 4) is 0 Å². The number of amides is 1. The van der Waals surface area contributed by atoms with Gasteiger partial charge in [-0.3, -0.25) is 9.59 Å². The number of benzene rings is 2. The van der Waals surface area contributed by atoms with Crippen LogP contribution < -0.4 is 16.2 Å². The molecule has 0 aliphatic heterocycles. The van der Waals surface area contributed by atoms with Crippen LogP contribution >= 0.6 is 0 Å². The second kappa shape index (κ2) is 6.83. The lowest BCUT2D eigenvalue weighted by molar-refractivity contribution is 0.102. The Balaban J connectivity index is 1.71. The fourth-order valence-electron chi connectivity index (χ4n) is 2.29. The normalized spacial score (nSPS) is 10.2. The van der Waals surface area contributed by atoms with Gasteiger partial charge >= 0.3 is 0 Å². The smallest absolute Gasteiger partial charge is 0.263 e. The van der Waals surface area contributed by atoms with Crippen molar-refractivity contribution in [3.63, 3.8) is 0 Å². The molecule has 2 N–H and O–H groups in total. The molecule has 0 aliphatic carbocycles. The molecule has 0 atom stereocenters. The SMILES string of the molecule is Cn1cccc(C(=O)Nc2ccc(Nc3ccccc3)cc2)c1=O. The molecule has 5 nitrogen and oxygen atoms in total. The summed E-state index contributed by atoms with van der Waals surface area (Å²) in [6.07, 6.45) is 1.61. The summed E-state index contributed by atoms with van der Waals surface area (Å²) in [5.74, 6) is -0.417. The number of anilines is 3. The molecule has 0 aliphatic rings. The highest BCUT2D eigenvalue weighted by molar-refractivity contribution is 6.04. The molecule has 1 heterocycles. The van der Waals surface area contributed by atoms with Crippen LogP contribution in [-0.2, 0) is 7.05 Å². The Hall–Kier alpha value is -3.34. The molecule has 3 rings (SSSR count). The van der Waals surface area contributed by atoms with E-state index in [2.05, 4.69) is 10.6 Å². The number of nitrogens with one attached hydrogen (secondary N) is 2. The van der Waals surface area contributed by atoms with E-state index in [1.807, 2.05) is 42.5 Å². The monoisotopic (exact) mass is 319 g/mol. The molecule has 0 saturated carbocycles. The number of hydrogen-bond donors (Lipinski definition) is 2. The summed E-state index contributed by atoms with van der Waals surface area (Å²) in [6, 6.07) is 20.3. The third-order valence-electron chi connectivity index (χ3n) is 3.57. The van der Waals surface area contributed by atoms with Crippen molar-refractivity contribution in [2.45, 2.75) is 0 Å². The number of rotatable bonds is 4. The van der Waals surface area contributed by atoms with Gasteiger partial charge in [0.1, 0.15) is 5.56 Å². The van der Waals surface area contributed by atoms with Crippen LogP contribution in [-0.4, -0.2) is 10.5 Å². The van der Waals surface area contributed by atoms with E-state index in [1.54, 1.807) is 31.4 Å². The summed E-state index contributed by atoms with van der Waals surface area (Å²) in [4.78, 5) is 24.2. The van der Waals surface area contributed by atoms with Crippen LogP contribution in [0.5, 0.6) is 0 Å². The lowest BCUT2D eigenvalue weighted by Gasteiger charge is -2.09. The van der Waals surface area contributed by atoms with Gasteiger partial charge in [0.05, 0.1) is 0 Å². The van der Waals surface area contributed by atoms with Gasteiger partial charge in [0.15, 0.2) is 0 Å². The minimum Gasteiger partial charge on any atom is -0.356 e. The lowest BCUT2D eigenvalue weighted by atomic mass is 10.2. The fraction of sp³-hybridized carbons (Fsp3) is 0.0526. The van der Waals surface area contributed by atoms with E-state index in [0.717, 1.165) is 11.4 Å². The molecule has 0 spiro atoms. The zero-order chi connectivity index (χ0) is 16.9. The van der Waals surface area contributed by atoms with Gasteiger partial charge in [0.2, 0.25) is 0 Å². The Kier molecular flexibility index (Phi) is 4.43. The molecule has 0 fully saturated rings. The topological polar surface area (TPSA) is 63.1 Å². The van der Waals surface area contributed by atoms with Gasteiger partial charge in [0, 0.05) is 30.3 Å². The maximum absolute atomic E-state index is 12.2. The molecule has 24 heavy (non-hydrogen) atoms. The van der Waals surface area contributed by atoms with E-state index in [4.69, 9.17) is 0 Å². The van der Waals surface area contributed by atoms with Crippen LogP contribution in [0.2, 0.25) is 0 Å². The quantitative estimate of drug-likeness (QED) is 0.775. The minimum absolute atomic E-state index is 0.117. The standard InChI is InChI=1S/C19H17N3O2/c1-22-13-5-8-17(19(22)24)18(23)21-16-11-9-15(10-12-16)20-14-6-3-2-4-7-14/h2-13,20H,1H3,(H,21,23). The molecular formula is C19H17N3O2. The fourth-order valence-corrected chi connectivity index (χ4v) is 2.29. The molecule has 120 valence electrons. The third-order valence-corrected chi connectivity index (χ3v) is 3.57. The number of aromatic nitrogens is 1. The second-order valence-electron chi connectivity index (χ2n) is 5.36. The zero-order valence-corrected chi connectivity index (χ0v) is 13.2. The van der Waals surface area contributed by atoms with E-state index in [0.29, 0.717) is 5.69 Å². The van der Waals surface area contributed by atoms with Crippen molar-refractivity contribution in [2.24, 2.45) is 7.05 Å². The van der Waals surface area contributed by atoms with Crippen molar-refractivity contribution >= 4 is 23.0 Å². The highest BCUT2D eigenvalue weighted by atomic mass is 16.2. The first kappa shape index (κ1) is 15.6. The van der Waals surface area contributed by atoms with E-state index in [9.17, 15) is 9.59 Å². The number of pyridine rings is 1. The predicted molar refractivity (Wildman–Crippen MR) is 95.8 cm³/mol. The van der Waals surface area contributed by atoms with E-state index < -0.39 is 5.91 Å². The lowest BCUT2D eigenvalue weighted by Crippen LogP contribution is -2.26. The first-order chi connectivity index (χ1) is 11.6. The number of carbonyl (C=O) groups excluding carboxylic acids is 1. The summed E-state index contributed by atoms with van der Waals surface area (Å²) < 4.78 is 1.38. The number of carbonyl (C=O) groups is 1. The zero-order valence-electron chi connectivity index (χ0n) is 13.2. The molecule has 1 aromatic heterocycles. The molecule has 5 heteroatoms. The number of hydrogen-bond acceptors (Lipinski definition) is 3. The summed E-state index contributed by atoms with van der Waals surface area (Å²) in [5.41, 5.74) is 2.32. The molecule has 1 amide bonds. The van der Waals surface area contributed by atoms with Gasteiger partial charge in [-0.05, 0) is 48.5 Å². The molecular weight excluding hydrogens is 302 g/mol. The molecule has 2 aromatic carbocycles. The molecule has 0 unspecified atom stereocenters. The van der Waals surface area contributed by atoms with Crippen molar-refractivity contribution < 1.29 is 4.79 Å². The van der Waals surface area contributed by atoms with Gasteiger partial charge < -0.3 is 15.2 Å². The number of aryl methyl sites for hydroxylation is 1. The van der Waals surface area contributed by atoms with Crippen molar-refractivity contribution in [1.29, 1.82) is 0 Å². The Morgan fingerprint density at radius 3 is 2.17 bits per heavy atom. The highest BCUT2D eigenvalue weighted by Gasteiger charge is 2.11.